The second kappa shape index (κ2) is 8.75. The van der Waals surface area contributed by atoms with Gasteiger partial charge in [0.25, 0.3) is 5.91 Å². The fourth-order valence-electron chi connectivity index (χ4n) is 2.71. The summed E-state index contributed by atoms with van der Waals surface area (Å²) in [6, 6.07) is 22.8. The Kier molecular flexibility index (Phi) is 6.16. The molecule has 0 aliphatic carbocycles. The van der Waals surface area contributed by atoms with Crippen molar-refractivity contribution >= 4 is 27.6 Å². The lowest BCUT2D eigenvalue weighted by molar-refractivity contribution is 0.0908. The highest BCUT2D eigenvalue weighted by Crippen LogP contribution is 2.18. The third-order valence-electron chi connectivity index (χ3n) is 4.16. The molecule has 0 bridgehead atoms. The summed E-state index contributed by atoms with van der Waals surface area (Å²) >= 11 is 3.34. The first-order valence-corrected chi connectivity index (χ1v) is 9.26. The van der Waals surface area contributed by atoms with E-state index in [4.69, 9.17) is 0 Å². The van der Waals surface area contributed by atoms with Gasteiger partial charge in [-0.05, 0) is 35.9 Å². The molecule has 0 heterocycles. The Morgan fingerprint density at radius 2 is 1.44 bits per heavy atom. The lowest BCUT2D eigenvalue weighted by Gasteiger charge is -2.14. The van der Waals surface area contributed by atoms with Gasteiger partial charge in [0.1, 0.15) is 0 Å². The van der Waals surface area contributed by atoms with Crippen LogP contribution in [0.25, 0.3) is 0 Å². The average molecular weight is 424 g/mol. The fourth-order valence-corrected chi connectivity index (χ4v) is 2.98. The van der Waals surface area contributed by atoms with Crippen molar-refractivity contribution in [3.8, 4) is 0 Å². The molecular formula is C22H18BrNO3. The molecule has 3 rings (SSSR count). The van der Waals surface area contributed by atoms with E-state index in [0.29, 0.717) is 11.1 Å². The Morgan fingerprint density at radius 1 is 0.852 bits per heavy atom. The van der Waals surface area contributed by atoms with E-state index in [1.54, 1.807) is 60.7 Å². The monoisotopic (exact) mass is 423 g/mol. The molecule has 5 heteroatoms. The average Bonchev–Trinajstić information content (AvgIpc) is 2.72. The molecule has 0 aromatic heterocycles. The molecule has 0 aliphatic heterocycles. The minimum atomic E-state index is -0.815. The zero-order chi connectivity index (χ0) is 19.2. The van der Waals surface area contributed by atoms with Gasteiger partial charge in [-0.2, -0.15) is 0 Å². The van der Waals surface area contributed by atoms with Crippen molar-refractivity contribution in [1.82, 2.24) is 5.32 Å². The van der Waals surface area contributed by atoms with Gasteiger partial charge in [0.15, 0.2) is 5.78 Å². The smallest absolute Gasteiger partial charge is 0.252 e. The maximum Gasteiger partial charge on any atom is 0.252 e. The number of halogens is 1. The van der Waals surface area contributed by atoms with Crippen LogP contribution in [0.15, 0.2) is 83.3 Å². The molecule has 136 valence electrons. The summed E-state index contributed by atoms with van der Waals surface area (Å²) in [5, 5.41) is 12.9. The lowest BCUT2D eigenvalue weighted by atomic mass is 9.98. The lowest BCUT2D eigenvalue weighted by Crippen LogP contribution is -2.29. The molecule has 3 aromatic rings. The molecule has 2 N–H and O–H groups in total. The SMILES string of the molecule is O=C(NCC(O)c1ccccc1)c1ccccc1C(=O)c1ccc(Br)cc1. The number of benzene rings is 3. The molecule has 0 saturated carbocycles. The number of carbonyl (C=O) groups excluding carboxylic acids is 2. The third kappa shape index (κ3) is 4.70. The van der Waals surface area contributed by atoms with Gasteiger partial charge >= 0.3 is 0 Å². The van der Waals surface area contributed by atoms with E-state index in [9.17, 15) is 14.7 Å². The summed E-state index contributed by atoms with van der Waals surface area (Å²) in [5.74, 6) is -0.622. The van der Waals surface area contributed by atoms with Crippen LogP contribution < -0.4 is 5.32 Å². The van der Waals surface area contributed by atoms with Gasteiger partial charge in [0.2, 0.25) is 0 Å². The van der Waals surface area contributed by atoms with Crippen molar-refractivity contribution in [3.63, 3.8) is 0 Å². The van der Waals surface area contributed by atoms with Gasteiger partial charge in [-0.25, -0.2) is 0 Å². The number of aliphatic hydroxyl groups excluding tert-OH is 1. The summed E-state index contributed by atoms with van der Waals surface area (Å²) in [5.41, 5.74) is 1.83. The van der Waals surface area contributed by atoms with E-state index in [1.165, 1.54) is 0 Å². The van der Waals surface area contributed by atoms with Gasteiger partial charge < -0.3 is 10.4 Å². The molecule has 1 unspecified atom stereocenters. The number of aliphatic hydroxyl groups is 1. The molecule has 0 saturated heterocycles. The fraction of sp³-hybridized carbons (Fsp3) is 0.0909. The van der Waals surface area contributed by atoms with Crippen LogP contribution >= 0.6 is 15.9 Å². The highest BCUT2D eigenvalue weighted by molar-refractivity contribution is 9.10. The van der Waals surface area contributed by atoms with Crippen LogP contribution in [0.5, 0.6) is 0 Å². The number of hydrogen-bond donors (Lipinski definition) is 2. The molecule has 0 spiro atoms. The Hall–Kier alpha value is -2.76. The van der Waals surface area contributed by atoms with Crippen molar-refractivity contribution < 1.29 is 14.7 Å². The van der Waals surface area contributed by atoms with Crippen LogP contribution in [0.3, 0.4) is 0 Å². The number of ketones is 1. The summed E-state index contributed by atoms with van der Waals surface area (Å²) < 4.78 is 0.875. The van der Waals surface area contributed by atoms with Crippen LogP contribution in [0.4, 0.5) is 0 Å². The van der Waals surface area contributed by atoms with Gasteiger partial charge in [-0.1, -0.05) is 64.5 Å². The predicted molar refractivity (Wildman–Crippen MR) is 108 cm³/mol. The van der Waals surface area contributed by atoms with Gasteiger partial charge in [0.05, 0.1) is 11.7 Å². The Bertz CT molecular complexity index is 939. The van der Waals surface area contributed by atoms with Gasteiger partial charge in [-0.15, -0.1) is 0 Å². The zero-order valence-corrected chi connectivity index (χ0v) is 16.0. The predicted octanol–water partition coefficient (Wildman–Crippen LogP) is 4.14. The molecule has 3 aromatic carbocycles. The highest BCUT2D eigenvalue weighted by atomic mass is 79.9. The second-order valence-electron chi connectivity index (χ2n) is 6.02. The zero-order valence-electron chi connectivity index (χ0n) is 14.4. The highest BCUT2D eigenvalue weighted by Gasteiger charge is 2.18. The van der Waals surface area contributed by atoms with Crippen LogP contribution in [0.2, 0.25) is 0 Å². The van der Waals surface area contributed by atoms with E-state index in [-0.39, 0.29) is 17.9 Å². The normalized spacial score (nSPS) is 11.6. The van der Waals surface area contributed by atoms with Crippen molar-refractivity contribution in [2.45, 2.75) is 6.10 Å². The topological polar surface area (TPSA) is 66.4 Å². The van der Waals surface area contributed by atoms with E-state index in [2.05, 4.69) is 21.2 Å². The number of carbonyl (C=O) groups is 2. The second-order valence-corrected chi connectivity index (χ2v) is 6.93. The summed E-state index contributed by atoms with van der Waals surface area (Å²) in [4.78, 5) is 25.4. The maximum absolute atomic E-state index is 12.8. The van der Waals surface area contributed by atoms with E-state index in [0.717, 1.165) is 10.0 Å². The molecule has 0 aliphatic rings. The van der Waals surface area contributed by atoms with Crippen molar-refractivity contribution in [2.24, 2.45) is 0 Å². The number of amides is 1. The van der Waals surface area contributed by atoms with Crippen molar-refractivity contribution in [2.75, 3.05) is 6.54 Å². The minimum absolute atomic E-state index is 0.0592. The van der Waals surface area contributed by atoms with Crippen LogP contribution in [0.1, 0.15) is 37.9 Å². The molecule has 27 heavy (non-hydrogen) atoms. The van der Waals surface area contributed by atoms with E-state index in [1.807, 2.05) is 18.2 Å². The van der Waals surface area contributed by atoms with Crippen molar-refractivity contribution in [1.29, 1.82) is 0 Å². The quantitative estimate of drug-likeness (QED) is 0.585. The number of hydrogen-bond acceptors (Lipinski definition) is 3. The van der Waals surface area contributed by atoms with Crippen LogP contribution in [-0.2, 0) is 0 Å². The Morgan fingerprint density at radius 3 is 2.11 bits per heavy atom. The van der Waals surface area contributed by atoms with Gasteiger partial charge in [-0.3, -0.25) is 9.59 Å². The first kappa shape index (κ1) is 19.0. The summed E-state index contributed by atoms with van der Waals surface area (Å²) in [6.07, 6.45) is -0.815. The third-order valence-corrected chi connectivity index (χ3v) is 4.69. The summed E-state index contributed by atoms with van der Waals surface area (Å²) in [7, 11) is 0. The van der Waals surface area contributed by atoms with E-state index < -0.39 is 12.0 Å². The number of nitrogens with one attached hydrogen (secondary N) is 1. The first-order chi connectivity index (χ1) is 13.1. The largest absolute Gasteiger partial charge is 0.387 e. The first-order valence-electron chi connectivity index (χ1n) is 8.47. The molecular weight excluding hydrogens is 406 g/mol. The molecule has 0 fully saturated rings. The standard InChI is InChI=1S/C22H18BrNO3/c23-17-12-10-16(11-13-17)21(26)18-8-4-5-9-19(18)22(27)24-14-20(25)15-6-2-1-3-7-15/h1-13,20,25H,14H2,(H,24,27). The Labute approximate surface area is 166 Å². The van der Waals surface area contributed by atoms with Crippen molar-refractivity contribution in [3.05, 3.63) is 106 Å². The minimum Gasteiger partial charge on any atom is -0.387 e. The Balaban J connectivity index is 1.76. The van der Waals surface area contributed by atoms with E-state index >= 15 is 0 Å². The molecule has 0 radical (unpaired) electrons. The van der Waals surface area contributed by atoms with Crippen LogP contribution in [0, 0.1) is 0 Å². The molecule has 1 atom stereocenters. The molecule has 4 nitrogen and oxygen atoms in total. The van der Waals surface area contributed by atoms with Crippen LogP contribution in [-0.4, -0.2) is 23.3 Å². The van der Waals surface area contributed by atoms with Gasteiger partial charge in [0, 0.05) is 22.1 Å². The maximum atomic E-state index is 12.8. The summed E-state index contributed by atoms with van der Waals surface area (Å²) in [6.45, 7) is 0.0592. The number of rotatable bonds is 6. The molecule has 1 amide bonds.